The first-order valence-corrected chi connectivity index (χ1v) is 13.3. The number of rotatable bonds is 8. The fourth-order valence-electron chi connectivity index (χ4n) is 4.42. The van der Waals surface area contributed by atoms with Crippen LogP contribution in [0.15, 0.2) is 59.0 Å². The van der Waals surface area contributed by atoms with Gasteiger partial charge in [-0.25, -0.2) is 8.42 Å². The first kappa shape index (κ1) is 27.4. The van der Waals surface area contributed by atoms with Gasteiger partial charge in [-0.15, -0.1) is 0 Å². The van der Waals surface area contributed by atoms with E-state index in [-0.39, 0.29) is 41.4 Å². The van der Waals surface area contributed by atoms with Gasteiger partial charge in [0.25, 0.3) is 17.4 Å². The van der Waals surface area contributed by atoms with Crippen LogP contribution >= 0.6 is 0 Å². The van der Waals surface area contributed by atoms with Crippen LogP contribution in [0.1, 0.15) is 17.2 Å². The molecule has 2 aromatic carbocycles. The van der Waals surface area contributed by atoms with Crippen molar-refractivity contribution in [2.75, 3.05) is 53.5 Å². The summed E-state index contributed by atoms with van der Waals surface area (Å²) < 4.78 is 32.4. The van der Waals surface area contributed by atoms with E-state index in [9.17, 15) is 33.2 Å². The molecule has 4 rings (SSSR count). The molecule has 12 nitrogen and oxygen atoms in total. The number of non-ortho nitro benzene ring substituents is 1. The van der Waals surface area contributed by atoms with E-state index in [1.807, 2.05) is 19.0 Å². The fraction of sp³-hybridized carbons (Fsp3) is 0.360. The summed E-state index contributed by atoms with van der Waals surface area (Å²) in [5.74, 6) is -2.16. The molecule has 0 aromatic heterocycles. The number of sulfonamides is 1. The van der Waals surface area contributed by atoms with Gasteiger partial charge in [0.1, 0.15) is 5.76 Å². The summed E-state index contributed by atoms with van der Waals surface area (Å²) in [5.41, 5.74) is 0.243. The lowest BCUT2D eigenvalue weighted by molar-refractivity contribution is -0.384. The molecule has 38 heavy (non-hydrogen) atoms. The standard InChI is InChI=1S/C25H28N4O8S/c1-26(2)11-12-28-22(17-3-7-19(8-4-17)29(33)34)21(24(31)25(28)32)23(30)18-5-9-20(10-6-18)38(35,36)27-13-15-37-16-14-27/h3-10,22,30H,11-16H2,1-2H3/t22-/m0/s1. The number of ether oxygens (including phenoxy) is 1. The fourth-order valence-corrected chi connectivity index (χ4v) is 5.83. The highest BCUT2D eigenvalue weighted by Gasteiger charge is 2.46. The Morgan fingerprint density at radius 3 is 2.24 bits per heavy atom. The Labute approximate surface area is 219 Å². The summed E-state index contributed by atoms with van der Waals surface area (Å²) in [6.45, 7) is 1.67. The van der Waals surface area contributed by atoms with Crippen LogP contribution in [0.25, 0.3) is 5.76 Å². The zero-order valence-corrected chi connectivity index (χ0v) is 21.8. The van der Waals surface area contributed by atoms with Gasteiger partial charge in [-0.3, -0.25) is 19.7 Å². The van der Waals surface area contributed by atoms with Gasteiger partial charge in [0.2, 0.25) is 10.0 Å². The number of ketones is 1. The van der Waals surface area contributed by atoms with E-state index < -0.39 is 38.4 Å². The van der Waals surface area contributed by atoms with Crippen molar-refractivity contribution in [3.63, 3.8) is 0 Å². The number of carbonyl (C=O) groups is 2. The molecule has 2 aliphatic rings. The highest BCUT2D eigenvalue weighted by atomic mass is 32.2. The van der Waals surface area contributed by atoms with Gasteiger partial charge in [-0.1, -0.05) is 0 Å². The molecule has 0 radical (unpaired) electrons. The van der Waals surface area contributed by atoms with Crippen molar-refractivity contribution >= 4 is 33.2 Å². The Balaban J connectivity index is 1.74. The van der Waals surface area contributed by atoms with Crippen molar-refractivity contribution in [3.8, 4) is 0 Å². The Bertz CT molecular complexity index is 1370. The molecule has 0 saturated carbocycles. The number of likely N-dealkylation sites (N-methyl/N-ethyl adjacent to an activating group) is 1. The van der Waals surface area contributed by atoms with Gasteiger partial charge in [0.05, 0.1) is 34.6 Å². The summed E-state index contributed by atoms with van der Waals surface area (Å²) in [7, 11) is -0.147. The minimum Gasteiger partial charge on any atom is -0.507 e. The molecule has 1 atom stereocenters. The Kier molecular flexibility index (Phi) is 7.92. The van der Waals surface area contributed by atoms with Crippen LogP contribution in [-0.4, -0.2) is 97.7 Å². The number of benzene rings is 2. The zero-order chi connectivity index (χ0) is 27.6. The number of hydrogen-bond acceptors (Lipinski definition) is 9. The number of hydrogen-bond donors (Lipinski definition) is 1. The van der Waals surface area contributed by atoms with Crippen molar-refractivity contribution < 1.29 is 32.8 Å². The van der Waals surface area contributed by atoms with Crippen LogP contribution < -0.4 is 0 Å². The van der Waals surface area contributed by atoms with E-state index in [2.05, 4.69) is 0 Å². The molecule has 1 amide bonds. The van der Waals surface area contributed by atoms with Crippen LogP contribution in [0.3, 0.4) is 0 Å². The lowest BCUT2D eigenvalue weighted by Crippen LogP contribution is -2.40. The molecule has 2 fully saturated rings. The Morgan fingerprint density at radius 2 is 1.68 bits per heavy atom. The maximum atomic E-state index is 13.1. The van der Waals surface area contributed by atoms with E-state index >= 15 is 0 Å². The second kappa shape index (κ2) is 11.0. The second-order valence-electron chi connectivity index (χ2n) is 9.19. The third kappa shape index (κ3) is 5.31. The highest BCUT2D eigenvalue weighted by molar-refractivity contribution is 7.89. The molecule has 2 saturated heterocycles. The van der Waals surface area contributed by atoms with Crippen molar-refractivity contribution in [2.45, 2.75) is 10.9 Å². The molecular formula is C25H28N4O8S. The van der Waals surface area contributed by atoms with Crippen molar-refractivity contribution in [2.24, 2.45) is 0 Å². The predicted molar refractivity (Wildman–Crippen MR) is 137 cm³/mol. The van der Waals surface area contributed by atoms with Crippen LogP contribution in [0.5, 0.6) is 0 Å². The number of aliphatic hydroxyl groups excluding tert-OH is 1. The molecule has 0 bridgehead atoms. The van der Waals surface area contributed by atoms with E-state index in [0.29, 0.717) is 25.3 Å². The summed E-state index contributed by atoms with van der Waals surface area (Å²) in [5, 5.41) is 22.3. The summed E-state index contributed by atoms with van der Waals surface area (Å²) in [6, 6.07) is 9.88. The van der Waals surface area contributed by atoms with Gasteiger partial charge in [-0.2, -0.15) is 4.31 Å². The van der Waals surface area contributed by atoms with Crippen molar-refractivity contribution in [1.29, 1.82) is 0 Å². The summed E-state index contributed by atoms with van der Waals surface area (Å²) in [6.07, 6.45) is 0. The predicted octanol–water partition coefficient (Wildman–Crippen LogP) is 1.60. The molecule has 202 valence electrons. The molecule has 0 aliphatic carbocycles. The van der Waals surface area contributed by atoms with E-state index in [4.69, 9.17) is 4.74 Å². The topological polar surface area (TPSA) is 151 Å². The zero-order valence-electron chi connectivity index (χ0n) is 20.9. The van der Waals surface area contributed by atoms with Gasteiger partial charge >= 0.3 is 0 Å². The number of nitro benzene ring substituents is 1. The number of morpholine rings is 1. The number of nitrogens with zero attached hydrogens (tertiary/aromatic N) is 4. The normalized spacial score (nSPS) is 20.3. The molecule has 2 aromatic rings. The average molecular weight is 545 g/mol. The maximum absolute atomic E-state index is 13.1. The second-order valence-corrected chi connectivity index (χ2v) is 11.1. The lowest BCUT2D eigenvalue weighted by Gasteiger charge is -2.26. The van der Waals surface area contributed by atoms with Crippen LogP contribution in [-0.2, 0) is 24.3 Å². The van der Waals surface area contributed by atoms with Gasteiger partial charge in [0, 0.05) is 43.9 Å². The first-order valence-electron chi connectivity index (χ1n) is 11.9. The number of carbonyl (C=O) groups excluding carboxylic acids is 2. The third-order valence-corrected chi connectivity index (χ3v) is 8.40. The number of amides is 1. The monoisotopic (exact) mass is 544 g/mol. The largest absolute Gasteiger partial charge is 0.507 e. The number of aliphatic hydroxyl groups is 1. The van der Waals surface area contributed by atoms with Crippen LogP contribution in [0.4, 0.5) is 5.69 Å². The minimum atomic E-state index is -3.77. The van der Waals surface area contributed by atoms with Gasteiger partial charge in [0.15, 0.2) is 0 Å². The van der Waals surface area contributed by atoms with Crippen LogP contribution in [0, 0.1) is 10.1 Å². The van der Waals surface area contributed by atoms with E-state index in [0.717, 1.165) is 0 Å². The smallest absolute Gasteiger partial charge is 0.295 e. The number of nitro groups is 1. The van der Waals surface area contributed by atoms with Gasteiger partial charge < -0.3 is 19.6 Å². The molecule has 0 spiro atoms. The molecule has 1 N–H and O–H groups in total. The third-order valence-electron chi connectivity index (χ3n) is 6.48. The molecule has 2 aliphatic heterocycles. The SMILES string of the molecule is CN(C)CCN1C(=O)C(=O)C(=C(O)c2ccc(S(=O)(=O)N3CCOCC3)cc2)[C@@H]1c1ccc([N+](=O)[O-])cc1. The molecule has 0 unspecified atom stereocenters. The Hall–Kier alpha value is -3.65. The molecular weight excluding hydrogens is 516 g/mol. The summed E-state index contributed by atoms with van der Waals surface area (Å²) in [4.78, 5) is 39.9. The minimum absolute atomic E-state index is 0.0225. The van der Waals surface area contributed by atoms with Crippen LogP contribution in [0.2, 0.25) is 0 Å². The van der Waals surface area contributed by atoms with E-state index in [1.54, 1.807) is 0 Å². The van der Waals surface area contributed by atoms with Crippen molar-refractivity contribution in [1.82, 2.24) is 14.1 Å². The quantitative estimate of drug-likeness (QED) is 0.172. The summed E-state index contributed by atoms with van der Waals surface area (Å²) >= 11 is 0. The van der Waals surface area contributed by atoms with Crippen molar-refractivity contribution in [3.05, 3.63) is 75.3 Å². The number of likely N-dealkylation sites (tertiary alicyclic amines) is 1. The van der Waals surface area contributed by atoms with E-state index in [1.165, 1.54) is 57.7 Å². The number of Topliss-reactive ketones (excluding diaryl/α,β-unsaturated/α-hetero) is 1. The molecule has 13 heteroatoms. The average Bonchev–Trinajstić information content (AvgIpc) is 3.17. The molecule has 2 heterocycles. The first-order chi connectivity index (χ1) is 18.0. The lowest BCUT2D eigenvalue weighted by atomic mass is 9.95. The highest BCUT2D eigenvalue weighted by Crippen LogP contribution is 2.39. The van der Waals surface area contributed by atoms with Gasteiger partial charge in [-0.05, 0) is 56.1 Å². The Morgan fingerprint density at radius 1 is 1.08 bits per heavy atom. The maximum Gasteiger partial charge on any atom is 0.295 e.